The molecular weight excluding hydrogens is 332 g/mol. The van der Waals surface area contributed by atoms with Gasteiger partial charge >= 0.3 is 0 Å². The van der Waals surface area contributed by atoms with Crippen molar-refractivity contribution in [3.63, 3.8) is 0 Å². The highest BCUT2D eigenvalue weighted by Crippen LogP contribution is 2.34. The maximum absolute atomic E-state index is 5.84. The molecule has 2 aromatic heterocycles. The minimum atomic E-state index is 0.378. The van der Waals surface area contributed by atoms with Crippen LogP contribution < -0.4 is 0 Å². The molecular formula is C19H26N4OS. The van der Waals surface area contributed by atoms with Crippen LogP contribution in [0.25, 0.3) is 0 Å². The molecule has 0 bridgehead atoms. The number of thiazole rings is 1. The lowest BCUT2D eigenvalue weighted by Crippen LogP contribution is -2.50. The van der Waals surface area contributed by atoms with E-state index in [1.165, 1.54) is 16.1 Å². The van der Waals surface area contributed by atoms with Gasteiger partial charge in [-0.05, 0) is 25.0 Å². The van der Waals surface area contributed by atoms with E-state index in [9.17, 15) is 0 Å². The van der Waals surface area contributed by atoms with Crippen LogP contribution in [0.1, 0.15) is 22.6 Å². The third kappa shape index (κ3) is 3.62. The van der Waals surface area contributed by atoms with Crippen LogP contribution in [0.2, 0.25) is 0 Å². The van der Waals surface area contributed by atoms with E-state index in [0.29, 0.717) is 18.1 Å². The number of methoxy groups -OCH3 is 1. The molecule has 2 aliphatic heterocycles. The molecule has 0 aromatic carbocycles. The molecule has 0 unspecified atom stereocenters. The zero-order valence-electron chi connectivity index (χ0n) is 15.0. The summed E-state index contributed by atoms with van der Waals surface area (Å²) in [6.45, 7) is 7.44. The van der Waals surface area contributed by atoms with Crippen molar-refractivity contribution in [2.75, 3.05) is 26.7 Å². The zero-order chi connectivity index (χ0) is 17.2. The summed E-state index contributed by atoms with van der Waals surface area (Å²) in [4.78, 5) is 15.3. The van der Waals surface area contributed by atoms with Gasteiger partial charge in [-0.3, -0.25) is 14.8 Å². The van der Waals surface area contributed by atoms with Crippen molar-refractivity contribution in [2.45, 2.75) is 38.6 Å². The monoisotopic (exact) mass is 358 g/mol. The van der Waals surface area contributed by atoms with E-state index in [0.717, 1.165) is 39.1 Å². The van der Waals surface area contributed by atoms with Gasteiger partial charge in [-0.15, -0.1) is 11.3 Å². The molecule has 2 fully saturated rings. The first-order valence-corrected chi connectivity index (χ1v) is 9.89. The van der Waals surface area contributed by atoms with E-state index >= 15 is 0 Å². The van der Waals surface area contributed by atoms with Gasteiger partial charge in [0.25, 0.3) is 0 Å². The van der Waals surface area contributed by atoms with E-state index in [4.69, 9.17) is 4.74 Å². The number of pyridine rings is 1. The second-order valence-corrected chi connectivity index (χ2v) is 8.12. The third-order valence-corrected chi connectivity index (χ3v) is 6.60. The molecule has 2 aromatic rings. The number of piperidine rings is 1. The minimum Gasteiger partial charge on any atom is -0.381 e. The Bertz CT molecular complexity index is 692. The maximum atomic E-state index is 5.84. The van der Waals surface area contributed by atoms with E-state index in [1.807, 2.05) is 31.1 Å². The van der Waals surface area contributed by atoms with Crippen molar-refractivity contribution in [1.29, 1.82) is 0 Å². The van der Waals surface area contributed by atoms with E-state index in [-0.39, 0.29) is 0 Å². The minimum absolute atomic E-state index is 0.378. The van der Waals surface area contributed by atoms with Crippen LogP contribution in [0.15, 0.2) is 30.0 Å². The Labute approximate surface area is 153 Å². The van der Waals surface area contributed by atoms with Crippen LogP contribution in [0, 0.1) is 12.8 Å². The lowest BCUT2D eigenvalue weighted by atomic mass is 9.89. The third-order valence-electron chi connectivity index (χ3n) is 5.68. The van der Waals surface area contributed by atoms with Crippen molar-refractivity contribution < 1.29 is 4.74 Å². The Kier molecular flexibility index (Phi) is 5.12. The average molecular weight is 359 g/mol. The standard InChI is InChI=1S/C19H26N4OS/c1-14-19(25-13-21-14)12-23-7-5-18(24-2)16-10-22(11-17(16)23)9-15-4-3-6-20-8-15/h3-4,6,8,13,16-18H,5,7,9-12H2,1-2H3/t16-,17+,18-/m1/s1. The number of hydrogen-bond donors (Lipinski definition) is 0. The van der Waals surface area contributed by atoms with Crippen molar-refractivity contribution in [3.8, 4) is 0 Å². The lowest BCUT2D eigenvalue weighted by Gasteiger charge is -2.41. The van der Waals surface area contributed by atoms with Crippen molar-refractivity contribution in [3.05, 3.63) is 46.2 Å². The summed E-state index contributed by atoms with van der Waals surface area (Å²) in [5.41, 5.74) is 4.44. The van der Waals surface area contributed by atoms with Crippen molar-refractivity contribution in [2.24, 2.45) is 5.92 Å². The maximum Gasteiger partial charge on any atom is 0.0798 e. The van der Waals surface area contributed by atoms with Gasteiger partial charge in [0.1, 0.15) is 0 Å². The predicted molar refractivity (Wildman–Crippen MR) is 99.5 cm³/mol. The summed E-state index contributed by atoms with van der Waals surface area (Å²) >= 11 is 1.78. The predicted octanol–water partition coefficient (Wildman–Crippen LogP) is 2.57. The van der Waals surface area contributed by atoms with Crippen LogP contribution in [0.5, 0.6) is 0 Å². The molecule has 0 amide bonds. The first-order valence-electron chi connectivity index (χ1n) is 9.01. The van der Waals surface area contributed by atoms with Gasteiger partial charge in [0, 0.05) is 69.1 Å². The number of ether oxygens (including phenoxy) is 1. The Morgan fingerprint density at radius 3 is 2.96 bits per heavy atom. The number of fused-ring (bicyclic) bond motifs is 1. The Morgan fingerprint density at radius 2 is 2.24 bits per heavy atom. The van der Waals surface area contributed by atoms with Crippen LogP contribution in [0.4, 0.5) is 0 Å². The molecule has 0 aliphatic carbocycles. The van der Waals surface area contributed by atoms with Crippen LogP contribution in [-0.2, 0) is 17.8 Å². The van der Waals surface area contributed by atoms with Crippen LogP contribution in [-0.4, -0.2) is 58.7 Å². The number of likely N-dealkylation sites (tertiary alicyclic amines) is 2. The smallest absolute Gasteiger partial charge is 0.0798 e. The van der Waals surface area contributed by atoms with Gasteiger partial charge < -0.3 is 4.74 Å². The second kappa shape index (κ2) is 7.50. The Balaban J connectivity index is 1.48. The zero-order valence-corrected chi connectivity index (χ0v) is 15.8. The molecule has 0 saturated carbocycles. The van der Waals surface area contributed by atoms with Gasteiger partial charge in [-0.2, -0.15) is 0 Å². The summed E-state index contributed by atoms with van der Waals surface area (Å²) in [6, 6.07) is 4.76. The molecule has 3 atom stereocenters. The lowest BCUT2D eigenvalue weighted by molar-refractivity contribution is -0.0242. The number of hydrogen-bond acceptors (Lipinski definition) is 6. The molecule has 4 heterocycles. The van der Waals surface area contributed by atoms with Gasteiger partial charge in [0.15, 0.2) is 0 Å². The van der Waals surface area contributed by atoms with Crippen LogP contribution >= 0.6 is 11.3 Å². The fourth-order valence-electron chi connectivity index (χ4n) is 4.35. The second-order valence-electron chi connectivity index (χ2n) is 7.18. The average Bonchev–Trinajstić information content (AvgIpc) is 3.23. The highest BCUT2D eigenvalue weighted by molar-refractivity contribution is 7.09. The quantitative estimate of drug-likeness (QED) is 0.822. The van der Waals surface area contributed by atoms with E-state index < -0.39 is 0 Å². The Hall–Kier alpha value is -1.34. The molecule has 2 saturated heterocycles. The molecule has 0 spiro atoms. The summed E-state index contributed by atoms with van der Waals surface area (Å²) in [7, 11) is 1.87. The molecule has 0 radical (unpaired) electrons. The topological polar surface area (TPSA) is 41.5 Å². The van der Waals surface area contributed by atoms with Crippen molar-refractivity contribution in [1.82, 2.24) is 19.8 Å². The fourth-order valence-corrected chi connectivity index (χ4v) is 5.15. The van der Waals surface area contributed by atoms with E-state index in [2.05, 4.69) is 32.8 Å². The summed E-state index contributed by atoms with van der Waals surface area (Å²) in [5, 5.41) is 0. The largest absolute Gasteiger partial charge is 0.381 e. The molecule has 25 heavy (non-hydrogen) atoms. The number of aryl methyl sites for hydroxylation is 1. The fraction of sp³-hybridized carbons (Fsp3) is 0.579. The highest BCUT2D eigenvalue weighted by atomic mass is 32.1. The van der Waals surface area contributed by atoms with Gasteiger partial charge in [-0.25, -0.2) is 4.98 Å². The van der Waals surface area contributed by atoms with E-state index in [1.54, 1.807) is 11.3 Å². The SMILES string of the molecule is CO[C@@H]1CCN(Cc2scnc2C)[C@H]2CN(Cc3cccnc3)C[C@@H]12. The highest BCUT2D eigenvalue weighted by Gasteiger charge is 2.44. The molecule has 6 heteroatoms. The number of aromatic nitrogens is 2. The molecule has 134 valence electrons. The van der Waals surface area contributed by atoms with Crippen LogP contribution in [0.3, 0.4) is 0 Å². The van der Waals surface area contributed by atoms with Crippen molar-refractivity contribution >= 4 is 11.3 Å². The first kappa shape index (κ1) is 17.1. The number of nitrogens with zero attached hydrogens (tertiary/aromatic N) is 4. The summed E-state index contributed by atoms with van der Waals surface area (Å²) < 4.78 is 5.84. The van der Waals surface area contributed by atoms with Gasteiger partial charge in [0.2, 0.25) is 0 Å². The van der Waals surface area contributed by atoms with Gasteiger partial charge in [0.05, 0.1) is 17.3 Å². The normalized spacial score (nSPS) is 27.5. The summed E-state index contributed by atoms with van der Waals surface area (Å²) in [6.07, 6.45) is 5.32. The Morgan fingerprint density at radius 1 is 1.32 bits per heavy atom. The first-order chi connectivity index (χ1) is 12.2. The van der Waals surface area contributed by atoms with Gasteiger partial charge in [-0.1, -0.05) is 6.07 Å². The molecule has 4 rings (SSSR count). The number of rotatable bonds is 5. The summed E-state index contributed by atoms with van der Waals surface area (Å²) in [5.74, 6) is 0.587. The molecule has 2 aliphatic rings. The molecule has 5 nitrogen and oxygen atoms in total. The molecule has 0 N–H and O–H groups in total.